The SMILES string of the molecule is C=C=CCCCCCCCCCCCCCCCCCCCCCCCCCCC. The lowest BCUT2D eigenvalue weighted by Gasteiger charge is -2.04. The zero-order valence-corrected chi connectivity index (χ0v) is 21.2. The minimum absolute atomic E-state index is 1.17. The van der Waals surface area contributed by atoms with Crippen LogP contribution in [0.25, 0.3) is 0 Å². The fourth-order valence-corrected chi connectivity index (χ4v) is 4.49. The molecule has 0 amide bonds. The van der Waals surface area contributed by atoms with E-state index in [9.17, 15) is 0 Å². The van der Waals surface area contributed by atoms with E-state index in [0.29, 0.717) is 0 Å². The molecule has 0 aliphatic rings. The first-order chi connectivity index (χ1) is 14.9. The summed E-state index contributed by atoms with van der Waals surface area (Å²) < 4.78 is 0. The van der Waals surface area contributed by atoms with E-state index >= 15 is 0 Å². The summed E-state index contributed by atoms with van der Waals surface area (Å²) in [5.41, 5.74) is 2.86. The summed E-state index contributed by atoms with van der Waals surface area (Å²) in [4.78, 5) is 0. The van der Waals surface area contributed by atoms with Gasteiger partial charge in [0.25, 0.3) is 0 Å². The number of rotatable bonds is 26. The molecule has 0 aliphatic carbocycles. The van der Waals surface area contributed by atoms with E-state index in [0.717, 1.165) is 0 Å². The Morgan fingerprint density at radius 3 is 0.867 bits per heavy atom. The molecule has 0 atom stereocenters. The first-order valence-electron chi connectivity index (χ1n) is 14.3. The van der Waals surface area contributed by atoms with Crippen LogP contribution in [0.3, 0.4) is 0 Å². The van der Waals surface area contributed by atoms with Crippen molar-refractivity contribution in [3.63, 3.8) is 0 Å². The minimum Gasteiger partial charge on any atom is -0.133 e. The predicted molar refractivity (Wildman–Crippen MR) is 139 cm³/mol. The molecule has 0 aromatic carbocycles. The first kappa shape index (κ1) is 29.5. The smallest absolute Gasteiger partial charge is 0.0275 e. The van der Waals surface area contributed by atoms with Crippen molar-refractivity contribution in [1.82, 2.24) is 0 Å². The fourth-order valence-electron chi connectivity index (χ4n) is 4.49. The summed E-state index contributed by atoms with van der Waals surface area (Å²) in [7, 11) is 0. The normalized spacial score (nSPS) is 11.0. The lowest BCUT2D eigenvalue weighted by atomic mass is 10.0. The van der Waals surface area contributed by atoms with Gasteiger partial charge in [-0.3, -0.25) is 0 Å². The van der Waals surface area contributed by atoms with E-state index in [1.54, 1.807) is 0 Å². The molecule has 0 aromatic heterocycles. The highest BCUT2D eigenvalue weighted by atomic mass is 14.0. The van der Waals surface area contributed by atoms with Crippen molar-refractivity contribution in [2.45, 2.75) is 174 Å². The molecule has 0 nitrogen and oxygen atoms in total. The molecule has 0 heterocycles. The summed E-state index contributed by atoms with van der Waals surface area (Å²) in [5, 5.41) is 0. The Hall–Kier alpha value is -0.480. The Labute approximate surface area is 192 Å². The summed E-state index contributed by atoms with van der Waals surface area (Å²) >= 11 is 0. The number of allylic oxidation sites excluding steroid dienone is 1. The Kier molecular flexibility index (Phi) is 28.1. The zero-order valence-electron chi connectivity index (χ0n) is 21.2. The highest BCUT2D eigenvalue weighted by Crippen LogP contribution is 2.15. The standard InChI is InChI=1S/C30H58/c1-3-5-7-9-11-13-15-17-19-21-23-25-27-29-30-28-26-24-22-20-18-16-14-12-10-8-6-4-2/h5H,1,4,6-30H2,2H3. The van der Waals surface area contributed by atoms with Crippen molar-refractivity contribution in [1.29, 1.82) is 0 Å². The van der Waals surface area contributed by atoms with E-state index in [1.165, 1.54) is 167 Å². The van der Waals surface area contributed by atoms with Crippen LogP contribution in [0.4, 0.5) is 0 Å². The summed E-state index contributed by atoms with van der Waals surface area (Å²) in [6.07, 6.45) is 39.7. The van der Waals surface area contributed by atoms with E-state index < -0.39 is 0 Å². The lowest BCUT2D eigenvalue weighted by Crippen LogP contribution is -1.84. The van der Waals surface area contributed by atoms with Crippen LogP contribution in [0.2, 0.25) is 0 Å². The average molecular weight is 419 g/mol. The molecule has 0 N–H and O–H groups in total. The Bertz CT molecular complexity index is 336. The second kappa shape index (κ2) is 28.5. The van der Waals surface area contributed by atoms with Gasteiger partial charge in [-0.15, -0.1) is 5.73 Å². The van der Waals surface area contributed by atoms with Crippen LogP contribution in [0.5, 0.6) is 0 Å². The third kappa shape index (κ3) is 27.5. The van der Waals surface area contributed by atoms with Gasteiger partial charge in [-0.25, -0.2) is 0 Å². The minimum atomic E-state index is 1.17. The van der Waals surface area contributed by atoms with Gasteiger partial charge in [-0.1, -0.05) is 168 Å². The quantitative estimate of drug-likeness (QED) is 0.0967. The van der Waals surface area contributed by atoms with Crippen LogP contribution < -0.4 is 0 Å². The van der Waals surface area contributed by atoms with Crippen molar-refractivity contribution < 1.29 is 0 Å². The molecule has 0 radical (unpaired) electrons. The maximum Gasteiger partial charge on any atom is -0.0275 e. The molecule has 0 bridgehead atoms. The molecular formula is C30H58. The van der Waals surface area contributed by atoms with Gasteiger partial charge in [0.05, 0.1) is 0 Å². The van der Waals surface area contributed by atoms with Gasteiger partial charge in [0.1, 0.15) is 0 Å². The molecule has 178 valence electrons. The predicted octanol–water partition coefficient (Wildman–Crippen LogP) is 11.5. The van der Waals surface area contributed by atoms with Crippen molar-refractivity contribution in [3.05, 3.63) is 18.4 Å². The maximum atomic E-state index is 3.61. The Balaban J connectivity index is 2.99. The average Bonchev–Trinajstić information content (AvgIpc) is 2.76. The van der Waals surface area contributed by atoms with Crippen LogP contribution in [0.15, 0.2) is 18.4 Å². The summed E-state index contributed by atoms with van der Waals surface area (Å²) in [6, 6.07) is 0. The number of hydrogen-bond acceptors (Lipinski definition) is 0. The van der Waals surface area contributed by atoms with Gasteiger partial charge in [0, 0.05) is 0 Å². The monoisotopic (exact) mass is 418 g/mol. The van der Waals surface area contributed by atoms with Crippen molar-refractivity contribution in [3.8, 4) is 0 Å². The van der Waals surface area contributed by atoms with Gasteiger partial charge >= 0.3 is 0 Å². The van der Waals surface area contributed by atoms with Crippen molar-refractivity contribution >= 4 is 0 Å². The molecular weight excluding hydrogens is 360 g/mol. The van der Waals surface area contributed by atoms with Gasteiger partial charge < -0.3 is 0 Å². The van der Waals surface area contributed by atoms with Gasteiger partial charge in [0.2, 0.25) is 0 Å². The topological polar surface area (TPSA) is 0 Å². The molecule has 0 saturated heterocycles. The molecule has 0 unspecified atom stereocenters. The van der Waals surface area contributed by atoms with Crippen LogP contribution in [-0.4, -0.2) is 0 Å². The van der Waals surface area contributed by atoms with Crippen LogP contribution >= 0.6 is 0 Å². The third-order valence-corrected chi connectivity index (χ3v) is 6.60. The first-order valence-corrected chi connectivity index (χ1v) is 14.3. The van der Waals surface area contributed by atoms with Crippen LogP contribution in [0.1, 0.15) is 174 Å². The highest BCUT2D eigenvalue weighted by Gasteiger charge is 1.96. The number of hydrogen-bond donors (Lipinski definition) is 0. The van der Waals surface area contributed by atoms with Crippen LogP contribution in [-0.2, 0) is 0 Å². The van der Waals surface area contributed by atoms with Gasteiger partial charge in [0.15, 0.2) is 0 Å². The van der Waals surface area contributed by atoms with E-state index in [2.05, 4.69) is 25.3 Å². The Morgan fingerprint density at radius 2 is 0.633 bits per heavy atom. The Morgan fingerprint density at radius 1 is 0.400 bits per heavy atom. The lowest BCUT2D eigenvalue weighted by molar-refractivity contribution is 0.516. The zero-order chi connectivity index (χ0) is 21.8. The second-order valence-electron chi connectivity index (χ2n) is 9.68. The van der Waals surface area contributed by atoms with E-state index in [4.69, 9.17) is 0 Å². The molecule has 0 spiro atoms. The molecule has 0 fully saturated rings. The molecule has 30 heavy (non-hydrogen) atoms. The number of unbranched alkanes of at least 4 members (excludes halogenated alkanes) is 25. The fraction of sp³-hybridized carbons (Fsp3) is 0.900. The summed E-state index contributed by atoms with van der Waals surface area (Å²) in [5.74, 6) is 0. The summed E-state index contributed by atoms with van der Waals surface area (Å²) in [6.45, 7) is 5.91. The third-order valence-electron chi connectivity index (χ3n) is 6.60. The van der Waals surface area contributed by atoms with Gasteiger partial charge in [-0.05, 0) is 18.9 Å². The molecule has 0 aliphatic heterocycles. The maximum absolute atomic E-state index is 3.61. The molecule has 0 heteroatoms. The highest BCUT2D eigenvalue weighted by molar-refractivity contribution is 4.74. The molecule has 0 aromatic rings. The molecule has 0 saturated carbocycles. The molecule has 0 rings (SSSR count). The largest absolute Gasteiger partial charge is 0.133 e. The van der Waals surface area contributed by atoms with Crippen molar-refractivity contribution in [2.24, 2.45) is 0 Å². The van der Waals surface area contributed by atoms with Gasteiger partial charge in [-0.2, -0.15) is 0 Å². The van der Waals surface area contributed by atoms with Crippen molar-refractivity contribution in [2.75, 3.05) is 0 Å². The van der Waals surface area contributed by atoms with E-state index in [1.807, 2.05) is 0 Å². The second-order valence-corrected chi connectivity index (χ2v) is 9.68. The van der Waals surface area contributed by atoms with E-state index in [-0.39, 0.29) is 0 Å². The van der Waals surface area contributed by atoms with Crippen LogP contribution in [0, 0.1) is 0 Å².